The first-order chi connectivity index (χ1) is 15.2. The molecular weight excluding hydrogens is 442 g/mol. The molecule has 0 spiro atoms. The van der Waals surface area contributed by atoms with Crippen LogP contribution in [0, 0.1) is 0 Å². The number of nitrogens with two attached hydrogens (primary N) is 1. The number of carboxylic acids is 1. The Balaban J connectivity index is 1.62. The number of nitrogen functional groups attached to an aromatic ring is 1. The van der Waals surface area contributed by atoms with Crippen molar-refractivity contribution in [1.82, 2.24) is 25.3 Å². The number of rotatable bonds is 9. The molecule has 2 aromatic heterocycles. The van der Waals surface area contributed by atoms with Gasteiger partial charge in [-0.1, -0.05) is 0 Å². The molecule has 1 amide bonds. The van der Waals surface area contributed by atoms with Crippen LogP contribution in [0.3, 0.4) is 0 Å². The number of carboxylic acid groups (broad SMARTS) is 1. The average Bonchev–Trinajstić information content (AvgIpc) is 2.75. The van der Waals surface area contributed by atoms with E-state index < -0.39 is 28.7 Å². The van der Waals surface area contributed by atoms with Gasteiger partial charge in [-0.25, -0.2) is 14.8 Å². The Hall–Kier alpha value is -4.06. The number of hydrogen-bond donors (Lipinski definition) is 5. The number of H-pyrrole nitrogens is 1. The fourth-order valence-corrected chi connectivity index (χ4v) is 2.85. The maximum atomic E-state index is 12.3. The molecule has 32 heavy (non-hydrogen) atoms. The van der Waals surface area contributed by atoms with E-state index in [1.54, 1.807) is 12.1 Å². The van der Waals surface area contributed by atoms with Crippen molar-refractivity contribution in [2.45, 2.75) is 25.4 Å². The lowest BCUT2D eigenvalue weighted by Crippen LogP contribution is -2.40. The highest BCUT2D eigenvalue weighted by molar-refractivity contribution is 6.63. The predicted octanol–water partition coefficient (Wildman–Crippen LogP) is 0.636. The molecule has 0 fully saturated rings. The molecule has 0 aliphatic rings. The zero-order valence-corrected chi connectivity index (χ0v) is 17.2. The van der Waals surface area contributed by atoms with Crippen LogP contribution in [0.5, 0.6) is 0 Å². The number of carbonyl (C=O) groups excluding carboxylic acids is 2. The minimum Gasteiger partial charge on any atom is -0.480 e. The molecule has 0 bridgehead atoms. The Labute approximate surface area is 185 Å². The van der Waals surface area contributed by atoms with Crippen molar-refractivity contribution in [3.05, 3.63) is 52.1 Å². The van der Waals surface area contributed by atoms with E-state index in [0.29, 0.717) is 11.4 Å². The van der Waals surface area contributed by atoms with Crippen molar-refractivity contribution in [2.75, 3.05) is 11.1 Å². The van der Waals surface area contributed by atoms with Crippen molar-refractivity contribution in [2.24, 2.45) is 0 Å². The summed E-state index contributed by atoms with van der Waals surface area (Å²) < 4.78 is 0. The topological polar surface area (TPSA) is 193 Å². The van der Waals surface area contributed by atoms with Gasteiger partial charge >= 0.3 is 5.97 Å². The normalized spacial score (nSPS) is 11.7. The van der Waals surface area contributed by atoms with Gasteiger partial charge in [0.05, 0.1) is 18.4 Å². The number of aromatic amines is 1. The summed E-state index contributed by atoms with van der Waals surface area (Å²) >= 11 is 5.23. The van der Waals surface area contributed by atoms with Crippen LogP contribution in [-0.4, -0.2) is 48.2 Å². The number of nitrogens with zero attached hydrogens (tertiary/aromatic N) is 3. The van der Waals surface area contributed by atoms with E-state index in [9.17, 15) is 24.3 Å². The molecule has 166 valence electrons. The van der Waals surface area contributed by atoms with Gasteiger partial charge in [-0.15, -0.1) is 0 Å². The Morgan fingerprint density at radius 2 is 1.91 bits per heavy atom. The van der Waals surface area contributed by atoms with Gasteiger partial charge in [-0.2, -0.15) is 4.98 Å². The molecule has 0 aliphatic carbocycles. The predicted molar refractivity (Wildman–Crippen MR) is 115 cm³/mol. The highest BCUT2D eigenvalue weighted by atomic mass is 35.5. The van der Waals surface area contributed by atoms with Crippen molar-refractivity contribution in [3.8, 4) is 0 Å². The van der Waals surface area contributed by atoms with Crippen LogP contribution in [0.4, 0.5) is 11.6 Å². The number of nitrogens with one attached hydrogen (secondary N) is 3. The van der Waals surface area contributed by atoms with E-state index in [4.69, 9.17) is 17.3 Å². The minimum absolute atomic E-state index is 0.0472. The molecule has 0 saturated carbocycles. The molecular formula is C19H18ClN7O5. The quantitative estimate of drug-likeness (QED) is 0.283. The van der Waals surface area contributed by atoms with E-state index in [2.05, 4.69) is 30.6 Å². The Kier molecular flexibility index (Phi) is 6.95. The Morgan fingerprint density at radius 1 is 1.19 bits per heavy atom. The van der Waals surface area contributed by atoms with Crippen LogP contribution >= 0.6 is 11.6 Å². The van der Waals surface area contributed by atoms with E-state index in [-0.39, 0.29) is 42.1 Å². The molecule has 13 heteroatoms. The van der Waals surface area contributed by atoms with E-state index in [1.807, 2.05) is 0 Å². The zero-order valence-electron chi connectivity index (χ0n) is 16.5. The number of carbonyl (C=O) groups is 3. The van der Waals surface area contributed by atoms with Crippen LogP contribution in [0.15, 0.2) is 35.3 Å². The van der Waals surface area contributed by atoms with Gasteiger partial charge in [0.2, 0.25) is 11.2 Å². The first-order valence-electron chi connectivity index (χ1n) is 9.30. The van der Waals surface area contributed by atoms with Crippen molar-refractivity contribution < 1.29 is 19.5 Å². The third kappa shape index (κ3) is 5.76. The Morgan fingerprint density at radius 3 is 2.56 bits per heavy atom. The standard InChI is InChI=1S/C19H18ClN7O5/c20-13(28)6-5-12(18(31)32)25-16(29)9-1-3-10(4-2-9)22-7-11-8-23-15-14(24-11)17(30)27-19(21)26-15/h1-4,8,12,22H,5-7H2,(H,25,29)(H,31,32)(H3,21,23,26,27,30)/t12-/m0/s1. The SMILES string of the molecule is Nc1nc2ncc(CNc3ccc(C(=O)N[C@@H](CCC(=O)Cl)C(=O)O)cc3)nc2c(=O)[nH]1. The van der Waals surface area contributed by atoms with Crippen LogP contribution in [0.25, 0.3) is 11.2 Å². The van der Waals surface area contributed by atoms with E-state index in [1.165, 1.54) is 18.3 Å². The molecule has 0 aliphatic heterocycles. The summed E-state index contributed by atoms with van der Waals surface area (Å²) in [5.41, 5.74) is 6.55. The second kappa shape index (κ2) is 9.83. The summed E-state index contributed by atoms with van der Waals surface area (Å²) in [7, 11) is 0. The molecule has 0 radical (unpaired) electrons. The van der Waals surface area contributed by atoms with Crippen LogP contribution in [-0.2, 0) is 16.1 Å². The maximum Gasteiger partial charge on any atom is 0.326 e. The third-order valence-electron chi connectivity index (χ3n) is 4.34. The summed E-state index contributed by atoms with van der Waals surface area (Å²) in [6, 6.07) is 5.02. The molecule has 0 saturated heterocycles. The van der Waals surface area contributed by atoms with Gasteiger partial charge in [0, 0.05) is 17.7 Å². The fourth-order valence-electron chi connectivity index (χ4n) is 2.74. The zero-order chi connectivity index (χ0) is 23.3. The lowest BCUT2D eigenvalue weighted by Gasteiger charge is -2.14. The second-order valence-electron chi connectivity index (χ2n) is 6.67. The van der Waals surface area contributed by atoms with Crippen LogP contribution in [0.1, 0.15) is 28.9 Å². The number of hydrogen-bond acceptors (Lipinski definition) is 9. The van der Waals surface area contributed by atoms with Crippen LogP contribution < -0.4 is 21.9 Å². The number of anilines is 2. The minimum atomic E-state index is -1.26. The summed E-state index contributed by atoms with van der Waals surface area (Å²) in [5, 5.41) is 13.9. The lowest BCUT2D eigenvalue weighted by atomic mass is 10.1. The smallest absolute Gasteiger partial charge is 0.326 e. The number of aromatic nitrogens is 4. The van der Waals surface area contributed by atoms with E-state index >= 15 is 0 Å². The third-order valence-corrected chi connectivity index (χ3v) is 4.53. The number of amides is 1. The number of benzene rings is 1. The summed E-state index contributed by atoms with van der Waals surface area (Å²) in [5.74, 6) is -1.91. The molecule has 6 N–H and O–H groups in total. The summed E-state index contributed by atoms with van der Waals surface area (Å²) in [6.45, 7) is 0.242. The van der Waals surface area contributed by atoms with Gasteiger partial charge in [0.1, 0.15) is 6.04 Å². The molecule has 0 unspecified atom stereocenters. The molecule has 12 nitrogen and oxygen atoms in total. The second-order valence-corrected chi connectivity index (χ2v) is 7.10. The van der Waals surface area contributed by atoms with Gasteiger partial charge < -0.3 is 21.5 Å². The van der Waals surface area contributed by atoms with Crippen LogP contribution in [0.2, 0.25) is 0 Å². The number of halogens is 1. The molecule has 3 rings (SSSR count). The number of aliphatic carboxylic acids is 1. The number of fused-ring (bicyclic) bond motifs is 1. The Bertz CT molecular complexity index is 1230. The highest BCUT2D eigenvalue weighted by Gasteiger charge is 2.21. The first kappa shape index (κ1) is 22.6. The van der Waals surface area contributed by atoms with Crippen molar-refractivity contribution in [1.29, 1.82) is 0 Å². The van der Waals surface area contributed by atoms with Gasteiger partial charge in [-0.3, -0.25) is 19.4 Å². The molecule has 1 atom stereocenters. The van der Waals surface area contributed by atoms with Crippen molar-refractivity contribution in [3.63, 3.8) is 0 Å². The van der Waals surface area contributed by atoms with Gasteiger partial charge in [0.15, 0.2) is 11.2 Å². The average molecular weight is 460 g/mol. The van der Waals surface area contributed by atoms with Crippen molar-refractivity contribution >= 4 is 51.5 Å². The maximum absolute atomic E-state index is 12.3. The monoisotopic (exact) mass is 459 g/mol. The first-order valence-corrected chi connectivity index (χ1v) is 9.68. The molecule has 3 aromatic rings. The van der Waals surface area contributed by atoms with Gasteiger partial charge in [0.25, 0.3) is 11.5 Å². The van der Waals surface area contributed by atoms with Gasteiger partial charge in [-0.05, 0) is 42.3 Å². The van der Waals surface area contributed by atoms with E-state index in [0.717, 1.165) is 0 Å². The largest absolute Gasteiger partial charge is 0.480 e. The lowest BCUT2D eigenvalue weighted by molar-refractivity contribution is -0.139. The summed E-state index contributed by atoms with van der Waals surface area (Å²) in [6.07, 6.45) is 1.18. The highest BCUT2D eigenvalue weighted by Crippen LogP contribution is 2.12. The fraction of sp³-hybridized carbons (Fsp3) is 0.211. The summed E-state index contributed by atoms with van der Waals surface area (Å²) in [4.78, 5) is 60.9. The molecule has 2 heterocycles. The molecule has 1 aromatic carbocycles.